The number of rotatable bonds is 5. The number of amides is 1. The van der Waals surface area contributed by atoms with Gasteiger partial charge in [-0.1, -0.05) is 36.4 Å². The molecular formula is C28H35N3O3S. The number of carbonyl (C=O) groups is 1. The number of aromatic nitrogens is 1. The zero-order valence-corrected chi connectivity index (χ0v) is 21.4. The number of likely N-dealkylation sites (tertiary alicyclic amines) is 1. The number of hydrogen-bond donors (Lipinski definition) is 1. The summed E-state index contributed by atoms with van der Waals surface area (Å²) in [7, 11) is -1.68. The molecule has 35 heavy (non-hydrogen) atoms. The Morgan fingerprint density at radius 1 is 0.943 bits per heavy atom. The molecule has 1 atom stereocenters. The summed E-state index contributed by atoms with van der Waals surface area (Å²) in [4.78, 5) is 15.4. The third kappa shape index (κ3) is 4.89. The highest BCUT2D eigenvalue weighted by atomic mass is 32.2. The molecule has 3 aromatic rings. The van der Waals surface area contributed by atoms with Crippen molar-refractivity contribution < 1.29 is 13.2 Å². The lowest BCUT2D eigenvalue weighted by Crippen LogP contribution is -2.47. The Labute approximate surface area is 208 Å². The van der Waals surface area contributed by atoms with Crippen LogP contribution in [0.15, 0.2) is 59.5 Å². The van der Waals surface area contributed by atoms with Crippen molar-refractivity contribution in [1.82, 2.24) is 14.2 Å². The van der Waals surface area contributed by atoms with Crippen molar-refractivity contribution in [2.75, 3.05) is 6.54 Å². The van der Waals surface area contributed by atoms with Crippen molar-refractivity contribution >= 4 is 26.8 Å². The molecule has 0 unspecified atom stereocenters. The van der Waals surface area contributed by atoms with Gasteiger partial charge < -0.3 is 9.47 Å². The van der Waals surface area contributed by atoms with E-state index < -0.39 is 10.0 Å². The first-order valence-corrected chi connectivity index (χ1v) is 14.3. The second kappa shape index (κ2) is 9.78. The summed E-state index contributed by atoms with van der Waals surface area (Å²) in [5, 5.41) is 1.01. The fourth-order valence-electron chi connectivity index (χ4n) is 5.77. The summed E-state index contributed by atoms with van der Waals surface area (Å²) in [6, 6.07) is 17.7. The van der Waals surface area contributed by atoms with E-state index in [1.54, 1.807) is 12.1 Å². The average Bonchev–Trinajstić information content (AvgIpc) is 3.20. The number of sulfonamides is 1. The van der Waals surface area contributed by atoms with Gasteiger partial charge in [-0.3, -0.25) is 4.79 Å². The number of carbonyl (C=O) groups excluding carboxylic acids is 1. The van der Waals surface area contributed by atoms with Crippen LogP contribution in [-0.4, -0.2) is 42.4 Å². The Morgan fingerprint density at radius 2 is 1.69 bits per heavy atom. The Kier molecular flexibility index (Phi) is 6.73. The largest absolute Gasteiger partial charge is 0.344 e. The SMILES string of the molecule is C[C@H]1CCCCN1C(=O)C1CCC(NS(=O)(=O)c2ccc3cc(-c4ccccc4)n(C)c3c2)CC1. The lowest BCUT2D eigenvalue weighted by molar-refractivity contribution is -0.140. The maximum absolute atomic E-state index is 13.2. The average molecular weight is 494 g/mol. The summed E-state index contributed by atoms with van der Waals surface area (Å²) < 4.78 is 31.4. The van der Waals surface area contributed by atoms with Gasteiger partial charge in [0.25, 0.3) is 0 Å². The number of nitrogens with one attached hydrogen (secondary N) is 1. The summed E-state index contributed by atoms with van der Waals surface area (Å²) in [6.07, 6.45) is 6.24. The Morgan fingerprint density at radius 3 is 2.40 bits per heavy atom. The van der Waals surface area contributed by atoms with Gasteiger partial charge in [0.1, 0.15) is 0 Å². The molecule has 186 valence electrons. The molecule has 2 aliphatic rings. The first-order chi connectivity index (χ1) is 16.8. The van der Waals surface area contributed by atoms with E-state index in [0.717, 1.165) is 54.4 Å². The predicted octanol–water partition coefficient (Wildman–Crippen LogP) is 5.08. The second-order valence-corrected chi connectivity index (χ2v) is 11.9. The van der Waals surface area contributed by atoms with Gasteiger partial charge in [-0.25, -0.2) is 13.1 Å². The van der Waals surface area contributed by atoms with Crippen LogP contribution in [0.4, 0.5) is 0 Å². The number of piperidine rings is 1. The Bertz CT molecular complexity index is 1310. The molecule has 0 radical (unpaired) electrons. The molecule has 0 spiro atoms. The van der Waals surface area contributed by atoms with Gasteiger partial charge in [0.05, 0.1) is 4.90 Å². The van der Waals surface area contributed by atoms with E-state index >= 15 is 0 Å². The topological polar surface area (TPSA) is 71.4 Å². The van der Waals surface area contributed by atoms with Crippen LogP contribution in [0.3, 0.4) is 0 Å². The summed E-state index contributed by atoms with van der Waals surface area (Å²) in [6.45, 7) is 3.00. The van der Waals surface area contributed by atoms with Crippen molar-refractivity contribution in [3.05, 3.63) is 54.6 Å². The van der Waals surface area contributed by atoms with E-state index in [1.807, 2.05) is 35.9 Å². The van der Waals surface area contributed by atoms with Gasteiger partial charge in [-0.2, -0.15) is 0 Å². The quantitative estimate of drug-likeness (QED) is 0.539. The minimum absolute atomic E-state index is 0.0208. The molecule has 5 rings (SSSR count). The first-order valence-electron chi connectivity index (χ1n) is 12.8. The lowest BCUT2D eigenvalue weighted by atomic mass is 9.85. The highest BCUT2D eigenvalue weighted by molar-refractivity contribution is 7.89. The number of aryl methyl sites for hydroxylation is 1. The molecule has 1 aliphatic carbocycles. The van der Waals surface area contributed by atoms with Crippen molar-refractivity contribution in [3.63, 3.8) is 0 Å². The molecule has 2 fully saturated rings. The minimum Gasteiger partial charge on any atom is -0.344 e. The van der Waals surface area contributed by atoms with Crippen molar-refractivity contribution in [2.24, 2.45) is 13.0 Å². The van der Waals surface area contributed by atoms with Gasteiger partial charge in [-0.05, 0) is 75.6 Å². The van der Waals surface area contributed by atoms with E-state index in [-0.39, 0.29) is 22.8 Å². The maximum atomic E-state index is 13.2. The molecule has 1 amide bonds. The van der Waals surface area contributed by atoms with Gasteiger partial charge >= 0.3 is 0 Å². The van der Waals surface area contributed by atoms with E-state index in [2.05, 4.69) is 34.7 Å². The van der Waals surface area contributed by atoms with E-state index in [0.29, 0.717) is 18.9 Å². The van der Waals surface area contributed by atoms with Gasteiger partial charge in [0, 0.05) is 48.2 Å². The third-order valence-corrected chi connectivity index (χ3v) is 9.40. The molecule has 1 aromatic heterocycles. The Hall–Kier alpha value is -2.64. The van der Waals surface area contributed by atoms with Gasteiger partial charge in [-0.15, -0.1) is 0 Å². The van der Waals surface area contributed by atoms with Gasteiger partial charge in [0.2, 0.25) is 15.9 Å². The molecule has 7 heteroatoms. The summed E-state index contributed by atoms with van der Waals surface area (Å²) >= 11 is 0. The van der Waals surface area contributed by atoms with Crippen LogP contribution < -0.4 is 4.72 Å². The molecule has 2 aromatic carbocycles. The van der Waals surface area contributed by atoms with E-state index in [9.17, 15) is 13.2 Å². The smallest absolute Gasteiger partial charge is 0.240 e. The lowest BCUT2D eigenvalue weighted by Gasteiger charge is -2.38. The minimum atomic E-state index is -3.65. The molecular weight excluding hydrogens is 458 g/mol. The standard InChI is InChI=1S/C28H35N3O3S/c1-20-8-6-7-17-31(20)28(32)22-11-14-24(15-12-22)29-35(33,34)25-16-13-23-18-26(30(2)27(23)19-25)21-9-4-3-5-10-21/h3-5,9-10,13,16,18-20,22,24,29H,6-8,11-12,14-15,17H2,1-2H3/t20-,22?,24?/m0/s1. The summed E-state index contributed by atoms with van der Waals surface area (Å²) in [5.74, 6) is 0.286. The zero-order chi connectivity index (χ0) is 24.6. The number of fused-ring (bicyclic) bond motifs is 1. The molecule has 0 bridgehead atoms. The first kappa shape index (κ1) is 24.1. The summed E-state index contributed by atoms with van der Waals surface area (Å²) in [5.41, 5.74) is 3.03. The van der Waals surface area contributed by atoms with Crippen LogP contribution in [0.5, 0.6) is 0 Å². The van der Waals surface area contributed by atoms with Crippen LogP contribution in [0.25, 0.3) is 22.2 Å². The number of hydrogen-bond acceptors (Lipinski definition) is 3. The molecule has 1 saturated carbocycles. The predicted molar refractivity (Wildman–Crippen MR) is 139 cm³/mol. The number of benzene rings is 2. The van der Waals surface area contributed by atoms with Crippen molar-refractivity contribution in [2.45, 2.75) is 68.8 Å². The Balaban J connectivity index is 1.27. The van der Waals surface area contributed by atoms with Crippen LogP contribution in [0, 0.1) is 5.92 Å². The van der Waals surface area contributed by atoms with E-state index in [4.69, 9.17) is 0 Å². The maximum Gasteiger partial charge on any atom is 0.240 e. The van der Waals surface area contributed by atoms with Crippen LogP contribution in [0.1, 0.15) is 51.9 Å². The zero-order valence-electron chi connectivity index (χ0n) is 20.6. The van der Waals surface area contributed by atoms with Crippen LogP contribution in [0.2, 0.25) is 0 Å². The molecule has 1 saturated heterocycles. The molecule has 1 N–H and O–H groups in total. The molecule has 2 heterocycles. The normalized spacial score (nSPS) is 23.5. The van der Waals surface area contributed by atoms with Crippen LogP contribution >= 0.6 is 0 Å². The highest BCUT2D eigenvalue weighted by Gasteiger charge is 2.33. The molecule has 1 aliphatic heterocycles. The van der Waals surface area contributed by atoms with Crippen molar-refractivity contribution in [3.8, 4) is 11.3 Å². The molecule has 6 nitrogen and oxygen atoms in total. The van der Waals surface area contributed by atoms with E-state index in [1.165, 1.54) is 6.42 Å². The second-order valence-electron chi connectivity index (χ2n) is 10.2. The van der Waals surface area contributed by atoms with Gasteiger partial charge in [0.15, 0.2) is 0 Å². The fourth-order valence-corrected chi connectivity index (χ4v) is 7.09. The third-order valence-electron chi connectivity index (χ3n) is 7.88. The fraction of sp³-hybridized carbons (Fsp3) is 0.464. The van der Waals surface area contributed by atoms with Crippen molar-refractivity contribution in [1.29, 1.82) is 0 Å². The number of nitrogens with zero attached hydrogens (tertiary/aromatic N) is 2. The highest BCUT2D eigenvalue weighted by Crippen LogP contribution is 2.31. The monoisotopic (exact) mass is 493 g/mol. The van der Waals surface area contributed by atoms with Crippen LogP contribution in [-0.2, 0) is 21.9 Å².